The molecule has 7 nitrogen and oxygen atoms in total. The highest BCUT2D eigenvalue weighted by Gasteiger charge is 2.25. The summed E-state index contributed by atoms with van der Waals surface area (Å²) in [5.41, 5.74) is 1.91. The van der Waals surface area contributed by atoms with Crippen molar-refractivity contribution in [2.24, 2.45) is 0 Å². The summed E-state index contributed by atoms with van der Waals surface area (Å²) in [6.07, 6.45) is 1.93. The highest BCUT2D eigenvalue weighted by atomic mass is 32.2. The lowest BCUT2D eigenvalue weighted by Crippen LogP contribution is -2.29. The van der Waals surface area contributed by atoms with Gasteiger partial charge in [0.25, 0.3) is 0 Å². The van der Waals surface area contributed by atoms with E-state index in [1.807, 2.05) is 36.6 Å². The molecule has 130 valence electrons. The molecule has 1 aliphatic rings. The van der Waals surface area contributed by atoms with Crippen molar-refractivity contribution < 1.29 is 8.42 Å². The number of aromatic nitrogens is 3. The maximum Gasteiger partial charge on any atom is 0.241 e. The molecule has 1 aromatic heterocycles. The van der Waals surface area contributed by atoms with Gasteiger partial charge in [0.1, 0.15) is 5.82 Å². The monoisotopic (exact) mass is 349 g/mol. The highest BCUT2D eigenvalue weighted by molar-refractivity contribution is 7.89. The molecule has 2 heterocycles. The number of benzene rings is 1. The molecule has 1 aliphatic heterocycles. The van der Waals surface area contributed by atoms with E-state index in [-0.39, 0.29) is 4.90 Å². The second-order valence-corrected chi connectivity index (χ2v) is 8.13. The van der Waals surface area contributed by atoms with Crippen LogP contribution in [0.4, 0.5) is 5.69 Å². The Hall–Kier alpha value is -1.93. The molecule has 0 saturated carbocycles. The van der Waals surface area contributed by atoms with Crippen LogP contribution in [0.1, 0.15) is 36.6 Å². The number of anilines is 1. The first-order chi connectivity index (χ1) is 11.3. The summed E-state index contributed by atoms with van der Waals surface area (Å²) >= 11 is 0. The van der Waals surface area contributed by atoms with Crippen LogP contribution in [-0.4, -0.2) is 37.3 Å². The van der Waals surface area contributed by atoms with Gasteiger partial charge in [-0.3, -0.25) is 0 Å². The van der Waals surface area contributed by atoms with Crippen LogP contribution in [0.5, 0.6) is 0 Å². The predicted molar refractivity (Wildman–Crippen MR) is 92.6 cm³/mol. The van der Waals surface area contributed by atoms with Gasteiger partial charge in [0, 0.05) is 32.7 Å². The molecule has 0 radical (unpaired) electrons. The van der Waals surface area contributed by atoms with E-state index < -0.39 is 16.1 Å². The molecule has 0 amide bonds. The summed E-state index contributed by atoms with van der Waals surface area (Å²) in [7, 11) is 0.161. The molecule has 0 bridgehead atoms. The lowest BCUT2D eigenvalue weighted by Gasteiger charge is -2.18. The maximum atomic E-state index is 12.7. The zero-order valence-corrected chi connectivity index (χ0v) is 15.3. The van der Waals surface area contributed by atoms with Crippen LogP contribution in [0.15, 0.2) is 23.1 Å². The number of nitrogens with zero attached hydrogens (tertiary/aromatic N) is 4. The van der Waals surface area contributed by atoms with Crippen molar-refractivity contribution in [3.05, 3.63) is 35.4 Å². The first-order valence-electron chi connectivity index (χ1n) is 8.02. The normalized spacial score (nSPS) is 15.3. The zero-order chi connectivity index (χ0) is 17.5. The average Bonchev–Trinajstić information content (AvgIpc) is 3.09. The molecule has 0 saturated heterocycles. The van der Waals surface area contributed by atoms with Crippen LogP contribution in [0, 0.1) is 6.92 Å². The van der Waals surface area contributed by atoms with Gasteiger partial charge in [0.2, 0.25) is 10.0 Å². The smallest absolute Gasteiger partial charge is 0.241 e. The van der Waals surface area contributed by atoms with Crippen LogP contribution < -0.4 is 9.62 Å². The Morgan fingerprint density at radius 2 is 2.04 bits per heavy atom. The third-order valence-corrected chi connectivity index (χ3v) is 5.87. The molecular formula is C16H23N5O2S. The number of fused-ring (bicyclic) bond motifs is 1. The number of hydrogen-bond donors (Lipinski definition) is 1. The summed E-state index contributed by atoms with van der Waals surface area (Å²) < 4.78 is 30.2. The van der Waals surface area contributed by atoms with E-state index in [2.05, 4.69) is 14.9 Å². The maximum absolute atomic E-state index is 12.7. The Bertz CT molecular complexity index is 857. The van der Waals surface area contributed by atoms with Gasteiger partial charge in [-0.2, -0.15) is 0 Å². The van der Waals surface area contributed by atoms with E-state index in [9.17, 15) is 8.42 Å². The van der Waals surface area contributed by atoms with Gasteiger partial charge in [-0.25, -0.2) is 13.1 Å². The van der Waals surface area contributed by atoms with Gasteiger partial charge < -0.3 is 9.47 Å². The summed E-state index contributed by atoms with van der Waals surface area (Å²) in [6.45, 7) is 4.61. The second-order valence-electron chi connectivity index (χ2n) is 6.42. The fraction of sp³-hybridized carbons (Fsp3) is 0.500. The molecule has 1 N–H and O–H groups in total. The number of hydrogen-bond acceptors (Lipinski definition) is 5. The average molecular weight is 349 g/mol. The number of aryl methyl sites for hydroxylation is 2. The zero-order valence-electron chi connectivity index (χ0n) is 14.4. The minimum atomic E-state index is -3.63. The van der Waals surface area contributed by atoms with E-state index in [0.717, 1.165) is 36.5 Å². The first kappa shape index (κ1) is 16.9. The molecule has 24 heavy (non-hydrogen) atoms. The highest BCUT2D eigenvalue weighted by Crippen LogP contribution is 2.24. The Labute approximate surface area is 142 Å². The van der Waals surface area contributed by atoms with E-state index >= 15 is 0 Å². The number of rotatable bonds is 5. The van der Waals surface area contributed by atoms with Crippen LogP contribution >= 0.6 is 0 Å². The van der Waals surface area contributed by atoms with Crippen LogP contribution in [0.25, 0.3) is 0 Å². The molecule has 8 heteroatoms. The van der Waals surface area contributed by atoms with Gasteiger partial charge in [0.05, 0.1) is 10.9 Å². The van der Waals surface area contributed by atoms with Crippen molar-refractivity contribution in [1.82, 2.24) is 19.5 Å². The lowest BCUT2D eigenvalue weighted by atomic mass is 10.2. The Morgan fingerprint density at radius 3 is 2.75 bits per heavy atom. The quantitative estimate of drug-likeness (QED) is 0.887. The lowest BCUT2D eigenvalue weighted by molar-refractivity contribution is 0.546. The molecule has 3 rings (SSSR count). The van der Waals surface area contributed by atoms with Gasteiger partial charge in [-0.05, 0) is 38.0 Å². The van der Waals surface area contributed by atoms with Gasteiger partial charge >= 0.3 is 0 Å². The topological polar surface area (TPSA) is 80.1 Å². The summed E-state index contributed by atoms with van der Waals surface area (Å²) in [5.74, 6) is 1.60. The Kier molecular flexibility index (Phi) is 4.35. The molecule has 1 atom stereocenters. The standard InChI is InChI=1S/C16H23N5O2S/c1-11-7-8-13(10-14(11)20(3)4)24(22,23)19-12(2)16-18-17-15-6-5-9-21(15)16/h7-8,10,12,19H,5-6,9H2,1-4H3/t12-/m1/s1. The van der Waals surface area contributed by atoms with Gasteiger partial charge in [0.15, 0.2) is 5.82 Å². The van der Waals surface area contributed by atoms with Crippen LogP contribution in [-0.2, 0) is 23.0 Å². The third-order valence-electron chi connectivity index (χ3n) is 4.33. The van der Waals surface area contributed by atoms with Crippen molar-refractivity contribution in [1.29, 1.82) is 0 Å². The van der Waals surface area contributed by atoms with Crippen molar-refractivity contribution in [2.45, 2.75) is 44.2 Å². The first-order valence-corrected chi connectivity index (χ1v) is 9.50. The van der Waals surface area contributed by atoms with E-state index in [1.54, 1.807) is 19.1 Å². The van der Waals surface area contributed by atoms with Crippen molar-refractivity contribution in [3.8, 4) is 0 Å². The Balaban J connectivity index is 1.87. The fourth-order valence-electron chi connectivity index (χ4n) is 3.08. The van der Waals surface area contributed by atoms with Crippen molar-refractivity contribution in [2.75, 3.05) is 19.0 Å². The number of sulfonamides is 1. The minimum absolute atomic E-state index is 0.254. The van der Waals surface area contributed by atoms with Crippen molar-refractivity contribution >= 4 is 15.7 Å². The van der Waals surface area contributed by atoms with E-state index in [1.165, 1.54) is 0 Å². The summed E-state index contributed by atoms with van der Waals surface area (Å²) in [4.78, 5) is 2.16. The molecule has 2 aromatic rings. The summed E-state index contributed by atoms with van der Waals surface area (Å²) in [5, 5.41) is 8.29. The molecule has 0 aliphatic carbocycles. The summed E-state index contributed by atoms with van der Waals surface area (Å²) in [6, 6.07) is 4.71. The molecule has 0 unspecified atom stereocenters. The van der Waals surface area contributed by atoms with Crippen LogP contribution in [0.3, 0.4) is 0 Å². The van der Waals surface area contributed by atoms with Gasteiger partial charge in [-0.15, -0.1) is 10.2 Å². The van der Waals surface area contributed by atoms with E-state index in [4.69, 9.17) is 0 Å². The molecule has 0 fully saturated rings. The SMILES string of the molecule is Cc1ccc(S(=O)(=O)N[C@H](C)c2nnc3n2CCC3)cc1N(C)C. The van der Waals surface area contributed by atoms with E-state index in [0.29, 0.717) is 5.82 Å². The second kappa shape index (κ2) is 6.18. The third kappa shape index (κ3) is 3.03. The predicted octanol–water partition coefficient (Wildman–Crippen LogP) is 1.64. The largest absolute Gasteiger partial charge is 0.377 e. The Morgan fingerprint density at radius 1 is 1.29 bits per heavy atom. The minimum Gasteiger partial charge on any atom is -0.377 e. The number of nitrogens with one attached hydrogen (secondary N) is 1. The molecule has 0 spiro atoms. The molecule has 1 aromatic carbocycles. The molecular weight excluding hydrogens is 326 g/mol. The van der Waals surface area contributed by atoms with Crippen molar-refractivity contribution in [3.63, 3.8) is 0 Å². The van der Waals surface area contributed by atoms with Crippen LogP contribution in [0.2, 0.25) is 0 Å². The fourth-order valence-corrected chi connectivity index (χ4v) is 4.31. The van der Waals surface area contributed by atoms with Gasteiger partial charge in [-0.1, -0.05) is 6.07 Å².